The van der Waals surface area contributed by atoms with Crippen molar-refractivity contribution in [2.45, 2.75) is 6.61 Å². The van der Waals surface area contributed by atoms with Crippen LogP contribution < -0.4 is 5.32 Å². The number of carbonyl (C=O) groups excluding carboxylic acids is 2. The predicted molar refractivity (Wildman–Crippen MR) is 81.2 cm³/mol. The number of ether oxygens (including phenoxy) is 1. The van der Waals surface area contributed by atoms with Gasteiger partial charge in [-0.1, -0.05) is 42.2 Å². The van der Waals surface area contributed by atoms with Crippen molar-refractivity contribution in [3.8, 4) is 11.8 Å². The Labute approximate surface area is 126 Å². The van der Waals surface area contributed by atoms with E-state index in [0.717, 1.165) is 16.7 Å². The van der Waals surface area contributed by atoms with E-state index in [4.69, 9.17) is 4.74 Å². The van der Waals surface area contributed by atoms with Crippen molar-refractivity contribution >= 4 is 23.7 Å². The molecule has 0 fully saturated rings. The van der Waals surface area contributed by atoms with E-state index >= 15 is 0 Å². The third-order valence-corrected chi connectivity index (χ3v) is 3.41. The van der Waals surface area contributed by atoms with Gasteiger partial charge in [0, 0.05) is 0 Å². The zero-order valence-corrected chi connectivity index (χ0v) is 12.0. The van der Waals surface area contributed by atoms with Gasteiger partial charge in [-0.15, -0.1) is 11.3 Å². The standard InChI is InChI=1S/C16H13NO3S/c18-11-15-9-8-14(21-15)7-4-10-17-16(19)20-12-13-5-2-1-3-6-13/h1-3,5-6,8-9,11H,10,12H2,(H,17,19). The summed E-state index contributed by atoms with van der Waals surface area (Å²) in [5.74, 6) is 5.67. The topological polar surface area (TPSA) is 55.4 Å². The number of hydrogen-bond acceptors (Lipinski definition) is 4. The first-order chi connectivity index (χ1) is 10.3. The van der Waals surface area contributed by atoms with Gasteiger partial charge in [-0.05, 0) is 17.7 Å². The minimum absolute atomic E-state index is 0.196. The Morgan fingerprint density at radius 1 is 1.24 bits per heavy atom. The highest BCUT2D eigenvalue weighted by Gasteiger charge is 2.00. The molecule has 1 aromatic carbocycles. The van der Waals surface area contributed by atoms with Crippen LogP contribution in [-0.2, 0) is 11.3 Å². The van der Waals surface area contributed by atoms with Crippen molar-refractivity contribution in [3.05, 3.63) is 57.8 Å². The van der Waals surface area contributed by atoms with Crippen molar-refractivity contribution < 1.29 is 14.3 Å². The largest absolute Gasteiger partial charge is 0.445 e. The van der Waals surface area contributed by atoms with Crippen molar-refractivity contribution in [1.29, 1.82) is 0 Å². The maximum absolute atomic E-state index is 11.4. The van der Waals surface area contributed by atoms with E-state index in [9.17, 15) is 9.59 Å². The lowest BCUT2D eigenvalue weighted by atomic mass is 10.2. The zero-order valence-electron chi connectivity index (χ0n) is 11.2. The first kappa shape index (κ1) is 14.8. The second-order valence-corrected chi connectivity index (χ2v) is 5.15. The molecule has 1 aromatic heterocycles. The van der Waals surface area contributed by atoms with Crippen LogP contribution in [0.4, 0.5) is 4.79 Å². The normalized spacial score (nSPS) is 9.33. The molecule has 21 heavy (non-hydrogen) atoms. The molecule has 1 amide bonds. The lowest BCUT2D eigenvalue weighted by molar-refractivity contribution is 0.112. The minimum Gasteiger partial charge on any atom is -0.445 e. The molecule has 0 unspecified atom stereocenters. The lowest BCUT2D eigenvalue weighted by Gasteiger charge is -2.04. The van der Waals surface area contributed by atoms with Gasteiger partial charge in [0.1, 0.15) is 6.61 Å². The van der Waals surface area contributed by atoms with Gasteiger partial charge in [0.2, 0.25) is 0 Å². The fourth-order valence-corrected chi connectivity index (χ4v) is 2.20. The first-order valence-electron chi connectivity index (χ1n) is 6.26. The Hall–Kier alpha value is -2.58. The predicted octanol–water partition coefficient (Wildman–Crippen LogP) is 2.84. The molecule has 0 saturated heterocycles. The number of amides is 1. The second-order valence-electron chi connectivity index (χ2n) is 4.04. The summed E-state index contributed by atoms with van der Waals surface area (Å²) in [7, 11) is 0. The molecular formula is C16H13NO3S. The molecule has 0 spiro atoms. The fraction of sp³-hybridized carbons (Fsp3) is 0.125. The number of carbonyl (C=O) groups is 2. The summed E-state index contributed by atoms with van der Waals surface area (Å²) >= 11 is 1.31. The van der Waals surface area contributed by atoms with Crippen LogP contribution in [-0.4, -0.2) is 18.9 Å². The van der Waals surface area contributed by atoms with Crippen LogP contribution in [0, 0.1) is 11.8 Å². The van der Waals surface area contributed by atoms with Gasteiger partial charge in [0.15, 0.2) is 6.29 Å². The molecule has 1 heterocycles. The molecule has 2 rings (SSSR count). The molecule has 106 valence electrons. The van der Waals surface area contributed by atoms with Crippen LogP contribution in [0.25, 0.3) is 0 Å². The quantitative estimate of drug-likeness (QED) is 0.697. The van der Waals surface area contributed by atoms with Crippen LogP contribution >= 0.6 is 11.3 Å². The van der Waals surface area contributed by atoms with Crippen LogP contribution in [0.2, 0.25) is 0 Å². The lowest BCUT2D eigenvalue weighted by Crippen LogP contribution is -2.24. The molecule has 5 heteroatoms. The van der Waals surface area contributed by atoms with Crippen molar-refractivity contribution in [2.75, 3.05) is 6.54 Å². The number of aldehydes is 1. The number of nitrogens with one attached hydrogen (secondary N) is 1. The smallest absolute Gasteiger partial charge is 0.408 e. The average molecular weight is 299 g/mol. The van der Waals surface area contributed by atoms with E-state index < -0.39 is 6.09 Å². The van der Waals surface area contributed by atoms with Gasteiger partial charge in [-0.3, -0.25) is 4.79 Å². The number of alkyl carbamates (subject to hydrolysis) is 1. The summed E-state index contributed by atoms with van der Waals surface area (Å²) in [6.07, 6.45) is 0.280. The molecular weight excluding hydrogens is 286 g/mol. The van der Waals surface area contributed by atoms with Crippen LogP contribution in [0.3, 0.4) is 0 Å². The Bertz CT molecular complexity index is 668. The first-order valence-corrected chi connectivity index (χ1v) is 7.08. The van der Waals surface area contributed by atoms with Gasteiger partial charge >= 0.3 is 6.09 Å². The molecule has 0 aliphatic rings. The summed E-state index contributed by atoms with van der Waals surface area (Å²) in [4.78, 5) is 23.4. The molecule has 0 saturated carbocycles. The molecule has 0 aliphatic carbocycles. The third-order valence-electron chi connectivity index (χ3n) is 2.49. The number of rotatable bonds is 4. The van der Waals surface area contributed by atoms with Crippen LogP contribution in [0.5, 0.6) is 0 Å². The zero-order chi connectivity index (χ0) is 14.9. The molecule has 0 radical (unpaired) electrons. The van der Waals surface area contributed by atoms with E-state index in [2.05, 4.69) is 17.2 Å². The Balaban J connectivity index is 1.71. The third kappa shape index (κ3) is 5.13. The molecule has 2 aromatic rings. The van der Waals surface area contributed by atoms with E-state index in [1.165, 1.54) is 11.3 Å². The summed E-state index contributed by atoms with van der Waals surface area (Å²) in [5, 5.41) is 2.54. The van der Waals surface area contributed by atoms with E-state index in [1.54, 1.807) is 12.1 Å². The molecule has 0 bridgehead atoms. The van der Waals surface area contributed by atoms with Crippen LogP contribution in [0.15, 0.2) is 42.5 Å². The van der Waals surface area contributed by atoms with Crippen molar-refractivity contribution in [2.24, 2.45) is 0 Å². The highest BCUT2D eigenvalue weighted by molar-refractivity contribution is 7.14. The average Bonchev–Trinajstić information content (AvgIpc) is 2.98. The van der Waals surface area contributed by atoms with Crippen molar-refractivity contribution in [1.82, 2.24) is 5.32 Å². The van der Waals surface area contributed by atoms with Gasteiger partial charge in [0.25, 0.3) is 0 Å². The molecule has 0 atom stereocenters. The molecule has 1 N–H and O–H groups in total. The fourth-order valence-electron chi connectivity index (χ4n) is 1.51. The maximum Gasteiger partial charge on any atom is 0.408 e. The summed E-state index contributed by atoms with van der Waals surface area (Å²) < 4.78 is 5.04. The summed E-state index contributed by atoms with van der Waals surface area (Å²) in [5.41, 5.74) is 0.929. The van der Waals surface area contributed by atoms with Crippen LogP contribution in [0.1, 0.15) is 20.1 Å². The Morgan fingerprint density at radius 2 is 2.05 bits per heavy atom. The monoisotopic (exact) mass is 299 g/mol. The van der Waals surface area contributed by atoms with Gasteiger partial charge < -0.3 is 10.1 Å². The minimum atomic E-state index is -0.507. The number of hydrogen-bond donors (Lipinski definition) is 1. The van der Waals surface area contributed by atoms with E-state index in [1.807, 2.05) is 30.3 Å². The molecule has 4 nitrogen and oxygen atoms in total. The Morgan fingerprint density at radius 3 is 2.76 bits per heavy atom. The number of thiophene rings is 1. The highest BCUT2D eigenvalue weighted by Crippen LogP contribution is 2.12. The van der Waals surface area contributed by atoms with Gasteiger partial charge in [0.05, 0.1) is 16.3 Å². The highest BCUT2D eigenvalue weighted by atomic mass is 32.1. The maximum atomic E-state index is 11.4. The summed E-state index contributed by atoms with van der Waals surface area (Å²) in [6.45, 7) is 0.426. The van der Waals surface area contributed by atoms with Crippen molar-refractivity contribution in [3.63, 3.8) is 0 Å². The summed E-state index contributed by atoms with van der Waals surface area (Å²) in [6, 6.07) is 12.9. The van der Waals surface area contributed by atoms with E-state index in [0.29, 0.717) is 4.88 Å². The van der Waals surface area contributed by atoms with E-state index in [-0.39, 0.29) is 13.2 Å². The second kappa shape index (κ2) is 7.88. The number of benzene rings is 1. The molecule has 0 aliphatic heterocycles. The van der Waals surface area contributed by atoms with Gasteiger partial charge in [-0.2, -0.15) is 0 Å². The van der Waals surface area contributed by atoms with Gasteiger partial charge in [-0.25, -0.2) is 4.79 Å². The SMILES string of the molecule is O=Cc1ccc(C#CCNC(=O)OCc2ccccc2)s1. The Kier molecular flexibility index (Phi) is 5.56.